The minimum Gasteiger partial charge on any atom is -0.386 e. The summed E-state index contributed by atoms with van der Waals surface area (Å²) in [5.74, 6) is 0. The maximum absolute atomic E-state index is 5.78. The van der Waals surface area contributed by atoms with Gasteiger partial charge in [0.1, 0.15) is 0 Å². The Hall–Kier alpha value is 0.0969. The standard InChI is InChI=1S/C11H27NO2Si/c1-9(2)12(10(3)4)15(13-7,14-8)11(5)6/h9-11H,1-8H3. The zero-order chi connectivity index (χ0) is 12.2. The van der Waals surface area contributed by atoms with E-state index in [4.69, 9.17) is 8.85 Å². The lowest BCUT2D eigenvalue weighted by Crippen LogP contribution is -2.64. The number of nitrogens with zero attached hydrogens (tertiary/aromatic N) is 1. The maximum Gasteiger partial charge on any atom is 0.430 e. The fourth-order valence-corrected chi connectivity index (χ4v) is 5.95. The van der Waals surface area contributed by atoms with E-state index in [0.29, 0.717) is 17.6 Å². The molecule has 4 heteroatoms. The quantitative estimate of drug-likeness (QED) is 0.659. The van der Waals surface area contributed by atoms with Gasteiger partial charge in [-0.05, 0) is 0 Å². The Kier molecular flexibility index (Phi) is 6.03. The molecule has 0 radical (unpaired) electrons. The van der Waals surface area contributed by atoms with E-state index in [2.05, 4.69) is 46.1 Å². The van der Waals surface area contributed by atoms with Crippen LogP contribution in [0.5, 0.6) is 0 Å². The summed E-state index contributed by atoms with van der Waals surface area (Å²) in [4.78, 5) is 0. The highest BCUT2D eigenvalue weighted by molar-refractivity contribution is 6.66. The van der Waals surface area contributed by atoms with Gasteiger partial charge in [-0.1, -0.05) is 41.5 Å². The Balaban J connectivity index is 5.16. The molecular formula is C11H27NO2Si. The molecule has 0 aliphatic carbocycles. The summed E-state index contributed by atoms with van der Waals surface area (Å²) in [6.45, 7) is 13.1. The summed E-state index contributed by atoms with van der Waals surface area (Å²) in [6, 6.07) is 0.887. The minimum absolute atomic E-state index is 0.414. The van der Waals surface area contributed by atoms with Gasteiger partial charge in [-0.3, -0.25) is 4.57 Å². The van der Waals surface area contributed by atoms with Crippen LogP contribution in [0.2, 0.25) is 5.54 Å². The summed E-state index contributed by atoms with van der Waals surface area (Å²) in [5, 5.41) is 0. The van der Waals surface area contributed by atoms with E-state index in [1.165, 1.54) is 0 Å². The monoisotopic (exact) mass is 233 g/mol. The van der Waals surface area contributed by atoms with Crippen molar-refractivity contribution in [3.8, 4) is 0 Å². The lowest BCUT2D eigenvalue weighted by molar-refractivity contribution is 0.117. The van der Waals surface area contributed by atoms with E-state index in [-0.39, 0.29) is 0 Å². The summed E-state index contributed by atoms with van der Waals surface area (Å²) in [7, 11) is 1.30. The highest BCUT2D eigenvalue weighted by atomic mass is 28.4. The largest absolute Gasteiger partial charge is 0.430 e. The first-order chi connectivity index (χ1) is 6.83. The number of rotatable bonds is 6. The topological polar surface area (TPSA) is 21.7 Å². The van der Waals surface area contributed by atoms with Crippen LogP contribution < -0.4 is 0 Å². The molecular weight excluding hydrogens is 206 g/mol. The van der Waals surface area contributed by atoms with Crippen LogP contribution in [-0.4, -0.2) is 39.6 Å². The van der Waals surface area contributed by atoms with Crippen LogP contribution in [0.3, 0.4) is 0 Å². The van der Waals surface area contributed by atoms with Crippen molar-refractivity contribution < 1.29 is 8.85 Å². The smallest absolute Gasteiger partial charge is 0.386 e. The zero-order valence-electron chi connectivity index (χ0n) is 11.5. The van der Waals surface area contributed by atoms with E-state index in [0.717, 1.165) is 0 Å². The van der Waals surface area contributed by atoms with E-state index >= 15 is 0 Å². The molecule has 92 valence electrons. The third-order valence-electron chi connectivity index (χ3n) is 2.79. The van der Waals surface area contributed by atoms with E-state index < -0.39 is 8.72 Å². The van der Waals surface area contributed by atoms with Crippen molar-refractivity contribution in [1.29, 1.82) is 0 Å². The predicted molar refractivity (Wildman–Crippen MR) is 67.0 cm³/mol. The number of hydrogen-bond donors (Lipinski definition) is 0. The molecule has 0 unspecified atom stereocenters. The van der Waals surface area contributed by atoms with Gasteiger partial charge in [-0.2, -0.15) is 0 Å². The Morgan fingerprint density at radius 3 is 1.20 bits per heavy atom. The summed E-state index contributed by atoms with van der Waals surface area (Å²) in [5.41, 5.74) is 0.414. The molecule has 0 fully saturated rings. The third-order valence-corrected chi connectivity index (χ3v) is 7.17. The zero-order valence-corrected chi connectivity index (χ0v) is 12.5. The molecule has 0 saturated heterocycles. The van der Waals surface area contributed by atoms with Gasteiger partial charge in [0.15, 0.2) is 0 Å². The van der Waals surface area contributed by atoms with E-state index in [1.54, 1.807) is 14.2 Å². The Bertz CT molecular complexity index is 171. The fourth-order valence-electron chi connectivity index (χ4n) is 2.38. The van der Waals surface area contributed by atoms with Crippen LogP contribution in [-0.2, 0) is 8.85 Å². The van der Waals surface area contributed by atoms with Crippen molar-refractivity contribution in [2.24, 2.45) is 0 Å². The molecule has 0 spiro atoms. The molecule has 0 heterocycles. The van der Waals surface area contributed by atoms with Crippen LogP contribution in [0.1, 0.15) is 41.5 Å². The van der Waals surface area contributed by atoms with Crippen molar-refractivity contribution in [2.75, 3.05) is 14.2 Å². The number of hydrogen-bond acceptors (Lipinski definition) is 3. The van der Waals surface area contributed by atoms with Gasteiger partial charge in [0.25, 0.3) is 0 Å². The van der Waals surface area contributed by atoms with Gasteiger partial charge in [0.05, 0.1) is 0 Å². The highest BCUT2D eigenvalue weighted by Gasteiger charge is 2.49. The van der Waals surface area contributed by atoms with E-state index in [9.17, 15) is 0 Å². The second-order valence-corrected chi connectivity index (χ2v) is 8.54. The fraction of sp³-hybridized carbons (Fsp3) is 1.00. The molecule has 0 aromatic carbocycles. The molecule has 3 nitrogen and oxygen atoms in total. The van der Waals surface area contributed by atoms with Crippen molar-refractivity contribution in [3.63, 3.8) is 0 Å². The van der Waals surface area contributed by atoms with Gasteiger partial charge in [0, 0.05) is 31.8 Å². The highest BCUT2D eigenvalue weighted by Crippen LogP contribution is 2.29. The van der Waals surface area contributed by atoms with Gasteiger partial charge in [-0.25, -0.2) is 0 Å². The molecule has 0 saturated carbocycles. The molecule has 0 atom stereocenters. The van der Waals surface area contributed by atoms with Crippen LogP contribution in [0.4, 0.5) is 0 Å². The lowest BCUT2D eigenvalue weighted by atomic mass is 10.3. The Morgan fingerprint density at radius 2 is 1.13 bits per heavy atom. The van der Waals surface area contributed by atoms with Crippen molar-refractivity contribution in [2.45, 2.75) is 59.2 Å². The van der Waals surface area contributed by atoms with Gasteiger partial charge in [-0.15, -0.1) is 0 Å². The average molecular weight is 233 g/mol. The van der Waals surface area contributed by atoms with Crippen molar-refractivity contribution in [3.05, 3.63) is 0 Å². The van der Waals surface area contributed by atoms with Crippen molar-refractivity contribution in [1.82, 2.24) is 4.57 Å². The molecule has 0 aliphatic rings. The first kappa shape index (κ1) is 15.1. The third kappa shape index (κ3) is 3.03. The van der Waals surface area contributed by atoms with Crippen LogP contribution in [0.15, 0.2) is 0 Å². The first-order valence-corrected chi connectivity index (χ1v) is 7.56. The predicted octanol–water partition coefficient (Wildman–Crippen LogP) is 2.75. The van der Waals surface area contributed by atoms with Crippen molar-refractivity contribution >= 4 is 8.72 Å². The SMILES string of the molecule is CO[Si](OC)(C(C)C)N(C(C)C)C(C)C. The van der Waals surface area contributed by atoms with Gasteiger partial charge in [0.2, 0.25) is 0 Å². The molecule has 0 aliphatic heterocycles. The molecule has 0 aromatic rings. The summed E-state index contributed by atoms with van der Waals surface area (Å²) < 4.78 is 14.0. The average Bonchev–Trinajstić information content (AvgIpc) is 2.11. The molecule has 0 amide bonds. The summed E-state index contributed by atoms with van der Waals surface area (Å²) >= 11 is 0. The molecule has 0 N–H and O–H groups in total. The van der Waals surface area contributed by atoms with Gasteiger partial charge >= 0.3 is 8.72 Å². The second kappa shape index (κ2) is 5.99. The maximum atomic E-state index is 5.78. The minimum atomic E-state index is -2.24. The van der Waals surface area contributed by atoms with E-state index in [1.807, 2.05) is 0 Å². The van der Waals surface area contributed by atoms with Crippen LogP contribution in [0.25, 0.3) is 0 Å². The first-order valence-electron chi connectivity index (χ1n) is 5.72. The molecule has 0 aromatic heterocycles. The van der Waals surface area contributed by atoms with Crippen LogP contribution >= 0.6 is 0 Å². The second-order valence-electron chi connectivity index (χ2n) is 4.79. The summed E-state index contributed by atoms with van der Waals surface area (Å²) in [6.07, 6.45) is 0. The van der Waals surface area contributed by atoms with Gasteiger partial charge < -0.3 is 8.85 Å². The molecule has 15 heavy (non-hydrogen) atoms. The Morgan fingerprint density at radius 1 is 0.800 bits per heavy atom. The van der Waals surface area contributed by atoms with Crippen LogP contribution in [0, 0.1) is 0 Å². The molecule has 0 rings (SSSR count). The lowest BCUT2D eigenvalue weighted by Gasteiger charge is -2.45. The normalized spacial score (nSPS) is 13.6. The Labute approximate surface area is 96.1 Å². The molecule has 0 bridgehead atoms.